The molecule has 0 bridgehead atoms. The molecule has 3 fully saturated rings. The van der Waals surface area contributed by atoms with Crippen molar-refractivity contribution >= 4 is 87.8 Å². The van der Waals surface area contributed by atoms with Crippen LogP contribution in [0.25, 0.3) is 10.9 Å². The van der Waals surface area contributed by atoms with Gasteiger partial charge in [0, 0.05) is 70.0 Å². The van der Waals surface area contributed by atoms with E-state index in [0.717, 1.165) is 17.8 Å². The van der Waals surface area contributed by atoms with E-state index in [1.807, 2.05) is 31.2 Å². The molecular weight excluding hydrogens is 1150 g/mol. The first-order valence-electron chi connectivity index (χ1n) is 30.5. The van der Waals surface area contributed by atoms with Crippen LogP contribution in [0.15, 0.2) is 65.8 Å². The SMILES string of the molecule is CC(=O)O.CCCC[C@H](NC(C)=O)C(=O)N[C@@H]1CC(=O)NCCCC[C@@H](C(=O)N2CCC[C@H]2C(=O)N[C@H](C(N)=O)C(C)C)NC(=O)[C@H](Cc2c[nH]c3ccccc23)NC(=O)C(CCCN=C(N)N)NC(=O)[C@@H](Cc2ccccc2)NC(=O)[C@@H]2CCCN2C1=O. The second-order valence-corrected chi connectivity index (χ2v) is 23.0. The predicted molar refractivity (Wildman–Crippen MR) is 329 cm³/mol. The van der Waals surface area contributed by atoms with E-state index >= 15 is 4.79 Å². The number of carboxylic acids is 1. The number of nitrogens with zero attached hydrogens (tertiary/aromatic N) is 3. The Labute approximate surface area is 517 Å². The molecule has 3 aliphatic rings. The summed E-state index contributed by atoms with van der Waals surface area (Å²) in [5.74, 6) is -9.08. The van der Waals surface area contributed by atoms with Crippen LogP contribution < -0.4 is 59.7 Å². The highest BCUT2D eigenvalue weighted by Gasteiger charge is 2.43. The fraction of sp³-hybridized carbons (Fsp3) is 0.557. The van der Waals surface area contributed by atoms with Crippen LogP contribution in [-0.4, -0.2) is 177 Å². The summed E-state index contributed by atoms with van der Waals surface area (Å²) in [6.07, 6.45) is 4.08. The van der Waals surface area contributed by atoms with Crippen LogP contribution in [0.2, 0.25) is 0 Å². The van der Waals surface area contributed by atoms with Crippen LogP contribution in [-0.2, 0) is 70.4 Å². The summed E-state index contributed by atoms with van der Waals surface area (Å²) in [5, 5.41) is 30.4. The molecule has 9 atom stereocenters. The molecule has 89 heavy (non-hydrogen) atoms. The Morgan fingerprint density at radius 3 is 2.06 bits per heavy atom. The minimum absolute atomic E-state index is 0.00835. The van der Waals surface area contributed by atoms with Crippen LogP contribution in [0.5, 0.6) is 0 Å². The maximum atomic E-state index is 15.1. The third kappa shape index (κ3) is 21.9. The average Bonchev–Trinajstić information content (AvgIpc) is 4.40. The smallest absolute Gasteiger partial charge is 0.300 e. The highest BCUT2D eigenvalue weighted by atomic mass is 16.4. The fourth-order valence-electron chi connectivity index (χ4n) is 11.1. The molecule has 4 heterocycles. The lowest BCUT2D eigenvalue weighted by Crippen LogP contribution is -2.61. The number of aliphatic carboxylic acids is 1. The number of para-hydroxylation sites is 1. The number of aromatic amines is 1. The van der Waals surface area contributed by atoms with Crippen molar-refractivity contribution in [3.63, 3.8) is 0 Å². The number of hydrogen-bond acceptors (Lipinski definition) is 13. The zero-order valence-corrected chi connectivity index (χ0v) is 51.4. The number of benzene rings is 2. The van der Waals surface area contributed by atoms with Crippen LogP contribution in [0.3, 0.4) is 0 Å². The largest absolute Gasteiger partial charge is 0.481 e. The number of aromatic nitrogens is 1. The molecule has 3 saturated heterocycles. The Morgan fingerprint density at radius 2 is 1.38 bits per heavy atom. The number of likely N-dealkylation sites (tertiary alicyclic amines) is 1. The molecule has 0 spiro atoms. The van der Waals surface area contributed by atoms with Gasteiger partial charge in [-0.25, -0.2) is 0 Å². The molecule has 28 heteroatoms. The lowest BCUT2D eigenvalue weighted by Gasteiger charge is -2.31. The summed E-state index contributed by atoms with van der Waals surface area (Å²) < 4.78 is 0. The third-order valence-electron chi connectivity index (χ3n) is 15.6. The fourth-order valence-corrected chi connectivity index (χ4v) is 11.1. The number of H-pyrrole nitrogens is 1. The summed E-state index contributed by atoms with van der Waals surface area (Å²) in [4.78, 5) is 175. The van der Waals surface area contributed by atoms with Gasteiger partial charge in [0.2, 0.25) is 65.0 Å². The Bertz CT molecular complexity index is 3000. The first kappa shape index (κ1) is 70.7. The number of carbonyl (C=O) groups excluding carboxylic acids is 11. The van der Waals surface area contributed by atoms with Gasteiger partial charge in [-0.2, -0.15) is 0 Å². The van der Waals surface area contributed by atoms with Crippen molar-refractivity contribution in [3.8, 4) is 0 Å². The number of guanidine groups is 1. The van der Waals surface area contributed by atoms with Crippen molar-refractivity contribution in [1.82, 2.24) is 57.3 Å². The third-order valence-corrected chi connectivity index (χ3v) is 15.6. The van der Waals surface area contributed by atoms with Gasteiger partial charge in [-0.05, 0) is 87.3 Å². The van der Waals surface area contributed by atoms with Gasteiger partial charge in [0.25, 0.3) is 5.97 Å². The van der Waals surface area contributed by atoms with Crippen molar-refractivity contribution in [2.24, 2.45) is 28.1 Å². The maximum Gasteiger partial charge on any atom is 0.300 e. The molecule has 16 N–H and O–H groups in total. The Morgan fingerprint density at radius 1 is 0.742 bits per heavy atom. The van der Waals surface area contributed by atoms with Gasteiger partial charge in [-0.15, -0.1) is 0 Å². The maximum absolute atomic E-state index is 15.1. The lowest BCUT2D eigenvalue weighted by molar-refractivity contribution is -0.143. The number of amides is 11. The standard InChI is InChI=1S/C59H85N15O11.C2H4O2/c1-5-6-20-40(66-35(4)75)51(78)71-45-32-48(76)63-26-13-12-22-42(57(84)73-28-16-25-47(73)56(83)72-49(34(2)3)50(60)77)68-54(81)44(31-37-33-65-39-21-11-10-19-38(37)39)69-52(79)41(23-14-27-64-59(61)62)67-53(80)43(30-36-17-8-7-9-18-36)70-55(82)46-24-15-29-74(46)58(45)85;1-2(3)4/h7-11,17-19,21,33-34,40-47,49,65H,5-6,12-16,20,22-32H2,1-4H3,(H2,60,77)(H,63,76)(H,66,75)(H,67,80)(H,68,81)(H,69,79)(H,70,82)(H,71,78)(H,72,83)(H4,61,62,64);1H3,(H,3,4)/t40-,41?,42-,43+,44-,45+,46-,47-,49-;/m0./s1. The molecule has 1 unspecified atom stereocenters. The van der Waals surface area contributed by atoms with Crippen LogP contribution in [0.4, 0.5) is 0 Å². The van der Waals surface area contributed by atoms with Crippen molar-refractivity contribution < 1.29 is 62.6 Å². The summed E-state index contributed by atoms with van der Waals surface area (Å²) in [7, 11) is 0. The van der Waals surface area contributed by atoms with Gasteiger partial charge in [0.15, 0.2) is 5.96 Å². The average molecular weight is 1240 g/mol. The number of primary amides is 1. The van der Waals surface area contributed by atoms with Crippen molar-refractivity contribution in [2.75, 3.05) is 26.2 Å². The van der Waals surface area contributed by atoms with Crippen molar-refractivity contribution in [1.29, 1.82) is 0 Å². The molecule has 6 rings (SSSR count). The summed E-state index contributed by atoms with van der Waals surface area (Å²) in [6, 6.07) is 4.86. The summed E-state index contributed by atoms with van der Waals surface area (Å²) in [5.41, 5.74) is 18.9. The molecule has 2 aromatic carbocycles. The highest BCUT2D eigenvalue weighted by molar-refractivity contribution is 6.00. The van der Waals surface area contributed by atoms with Gasteiger partial charge in [-0.1, -0.05) is 82.1 Å². The van der Waals surface area contributed by atoms with Gasteiger partial charge in [0.1, 0.15) is 54.4 Å². The van der Waals surface area contributed by atoms with Crippen LogP contribution in [0.1, 0.15) is 129 Å². The number of unbranched alkanes of at least 4 members (excludes halogenated alkanes) is 1. The zero-order valence-electron chi connectivity index (χ0n) is 51.4. The topological polar surface area (TPSA) is 434 Å². The number of fused-ring (bicyclic) bond motifs is 2. The molecule has 28 nitrogen and oxygen atoms in total. The van der Waals surface area contributed by atoms with Gasteiger partial charge in [-0.3, -0.25) is 62.5 Å². The van der Waals surface area contributed by atoms with E-state index in [4.69, 9.17) is 27.1 Å². The summed E-state index contributed by atoms with van der Waals surface area (Å²) in [6.45, 7) is 7.93. The van der Waals surface area contributed by atoms with E-state index in [1.165, 1.54) is 16.7 Å². The number of nitrogens with one attached hydrogen (secondary N) is 9. The zero-order chi connectivity index (χ0) is 65.3. The van der Waals surface area contributed by atoms with E-state index in [0.29, 0.717) is 36.8 Å². The number of carbonyl (C=O) groups is 12. The molecular formula is C61H89N15O13. The predicted octanol–water partition coefficient (Wildman–Crippen LogP) is -0.485. The Kier molecular flexibility index (Phi) is 27.8. The molecule has 3 aliphatic heterocycles. The number of aliphatic imine (C=N–C) groups is 1. The minimum Gasteiger partial charge on any atom is -0.481 e. The summed E-state index contributed by atoms with van der Waals surface area (Å²) >= 11 is 0. The van der Waals surface area contributed by atoms with E-state index in [-0.39, 0.29) is 102 Å². The second kappa shape index (κ2) is 35.0. The van der Waals surface area contributed by atoms with Gasteiger partial charge >= 0.3 is 0 Å². The quantitative estimate of drug-likeness (QED) is 0.0409. The number of hydrogen-bond donors (Lipinski definition) is 13. The van der Waals surface area contributed by atoms with E-state index in [2.05, 4.69) is 52.5 Å². The molecule has 0 aliphatic carbocycles. The van der Waals surface area contributed by atoms with Gasteiger partial charge in [0.05, 0.1) is 6.42 Å². The molecule has 0 saturated carbocycles. The van der Waals surface area contributed by atoms with E-state index in [1.54, 1.807) is 50.4 Å². The number of rotatable bonds is 19. The first-order valence-corrected chi connectivity index (χ1v) is 30.5. The molecule has 3 aromatic rings. The molecule has 486 valence electrons. The van der Waals surface area contributed by atoms with Crippen LogP contribution >= 0.6 is 0 Å². The van der Waals surface area contributed by atoms with Crippen LogP contribution in [0, 0.1) is 5.92 Å². The van der Waals surface area contributed by atoms with E-state index in [9.17, 15) is 47.9 Å². The van der Waals surface area contributed by atoms with Crippen molar-refractivity contribution in [3.05, 3.63) is 71.9 Å². The second-order valence-electron chi connectivity index (χ2n) is 23.0. The van der Waals surface area contributed by atoms with Crippen molar-refractivity contribution in [2.45, 2.75) is 185 Å². The number of carboxylic acid groups (broad SMARTS) is 1. The minimum atomic E-state index is -1.51. The van der Waals surface area contributed by atoms with Gasteiger partial charge < -0.3 is 79.6 Å². The molecule has 1 aromatic heterocycles. The molecule has 0 radical (unpaired) electrons. The highest BCUT2D eigenvalue weighted by Crippen LogP contribution is 2.24. The monoisotopic (exact) mass is 1240 g/mol. The van der Waals surface area contributed by atoms with E-state index < -0.39 is 132 Å². The Balaban J connectivity index is 0.00000349. The Hall–Kier alpha value is -9.11. The molecule has 11 amide bonds. The normalized spacial score (nSPS) is 22.3. The first-order chi connectivity index (χ1) is 42.4. The number of nitrogens with two attached hydrogens (primary N) is 3. The lowest BCUT2D eigenvalue weighted by atomic mass is 10.0.